The zero-order valence-electron chi connectivity index (χ0n) is 9.24. The molecule has 0 radical (unpaired) electrons. The van der Waals surface area contributed by atoms with Crippen LogP contribution in [0.1, 0.15) is 18.9 Å². The number of carbonyl (C=O) groups is 1. The highest BCUT2D eigenvalue weighted by molar-refractivity contribution is 9.10. The zero-order chi connectivity index (χ0) is 12.0. The molecule has 0 aliphatic rings. The predicted octanol–water partition coefficient (Wildman–Crippen LogP) is 2.65. The molecule has 1 aromatic rings. The van der Waals surface area contributed by atoms with Gasteiger partial charge in [-0.15, -0.1) is 0 Å². The molecule has 16 heavy (non-hydrogen) atoms. The van der Waals surface area contributed by atoms with Gasteiger partial charge in [-0.3, -0.25) is 4.79 Å². The van der Waals surface area contributed by atoms with E-state index < -0.39 is 5.97 Å². The molecule has 0 aliphatic carbocycles. The van der Waals surface area contributed by atoms with Gasteiger partial charge in [0.05, 0.1) is 5.92 Å². The zero-order valence-corrected chi connectivity index (χ0v) is 10.8. The van der Waals surface area contributed by atoms with Gasteiger partial charge >= 0.3 is 5.97 Å². The van der Waals surface area contributed by atoms with E-state index in [4.69, 9.17) is 5.11 Å². The Bertz CT molecular complexity index is 355. The molecule has 0 spiro atoms. The summed E-state index contributed by atoms with van der Waals surface area (Å²) in [6.07, 6.45) is 0.656. The van der Waals surface area contributed by atoms with Crippen molar-refractivity contribution >= 4 is 21.9 Å². The van der Waals surface area contributed by atoms with Gasteiger partial charge in [0.15, 0.2) is 0 Å². The van der Waals surface area contributed by atoms with E-state index in [9.17, 15) is 4.79 Å². The number of hydrogen-bond donors (Lipinski definition) is 2. The summed E-state index contributed by atoms with van der Waals surface area (Å²) in [7, 11) is 0. The molecule has 0 fully saturated rings. The second-order valence-electron chi connectivity index (χ2n) is 3.83. The average molecular weight is 286 g/mol. The van der Waals surface area contributed by atoms with Crippen molar-refractivity contribution in [3.8, 4) is 0 Å². The number of aliphatic carboxylic acids is 1. The quantitative estimate of drug-likeness (QED) is 0.790. The third-order valence-corrected chi connectivity index (χ3v) is 2.89. The maximum atomic E-state index is 10.6. The standard InChI is InChI=1S/C12H16BrNO2/c1-9(12(15)16)5-6-14-8-10-3-2-4-11(13)7-10/h2-4,7,9,14H,5-6,8H2,1H3,(H,15,16). The first kappa shape index (κ1) is 13.2. The minimum atomic E-state index is -0.732. The topological polar surface area (TPSA) is 49.3 Å². The van der Waals surface area contributed by atoms with Crippen LogP contribution in [0.4, 0.5) is 0 Å². The van der Waals surface area contributed by atoms with Crippen LogP contribution >= 0.6 is 15.9 Å². The first-order valence-corrected chi connectivity index (χ1v) is 6.07. The van der Waals surface area contributed by atoms with E-state index in [0.717, 1.165) is 17.6 Å². The maximum absolute atomic E-state index is 10.6. The van der Waals surface area contributed by atoms with Crippen LogP contribution in [0.2, 0.25) is 0 Å². The molecule has 0 bridgehead atoms. The minimum Gasteiger partial charge on any atom is -0.481 e. The highest BCUT2D eigenvalue weighted by atomic mass is 79.9. The number of carboxylic acid groups (broad SMARTS) is 1. The number of rotatable bonds is 6. The van der Waals surface area contributed by atoms with Gasteiger partial charge in [0.25, 0.3) is 0 Å². The molecule has 2 N–H and O–H groups in total. The second kappa shape index (κ2) is 6.66. The molecule has 0 saturated heterocycles. The van der Waals surface area contributed by atoms with Crippen molar-refractivity contribution < 1.29 is 9.90 Å². The SMILES string of the molecule is CC(CCNCc1cccc(Br)c1)C(=O)O. The van der Waals surface area contributed by atoms with Crippen LogP contribution in [-0.2, 0) is 11.3 Å². The number of hydrogen-bond acceptors (Lipinski definition) is 2. The van der Waals surface area contributed by atoms with Crippen molar-refractivity contribution in [3.05, 3.63) is 34.3 Å². The van der Waals surface area contributed by atoms with Gasteiger partial charge in [0, 0.05) is 11.0 Å². The maximum Gasteiger partial charge on any atom is 0.306 e. The molecule has 0 aromatic heterocycles. The Balaban J connectivity index is 2.23. The molecule has 3 nitrogen and oxygen atoms in total. The van der Waals surface area contributed by atoms with Crippen molar-refractivity contribution in [2.75, 3.05) is 6.54 Å². The van der Waals surface area contributed by atoms with Gasteiger partial charge in [-0.05, 0) is 30.7 Å². The first-order valence-electron chi connectivity index (χ1n) is 5.27. The van der Waals surface area contributed by atoms with Crippen LogP contribution in [0.25, 0.3) is 0 Å². The molecule has 0 saturated carbocycles. The molecule has 1 rings (SSSR count). The molecule has 0 amide bonds. The molecular formula is C12H16BrNO2. The van der Waals surface area contributed by atoms with E-state index in [0.29, 0.717) is 6.42 Å². The highest BCUT2D eigenvalue weighted by Gasteiger charge is 2.09. The van der Waals surface area contributed by atoms with Gasteiger partial charge in [0.2, 0.25) is 0 Å². The minimum absolute atomic E-state index is 0.282. The molecule has 1 aromatic carbocycles. The molecule has 1 unspecified atom stereocenters. The van der Waals surface area contributed by atoms with Crippen molar-refractivity contribution in [3.63, 3.8) is 0 Å². The molecular weight excluding hydrogens is 270 g/mol. The first-order chi connectivity index (χ1) is 7.59. The third-order valence-electron chi connectivity index (χ3n) is 2.39. The van der Waals surface area contributed by atoms with E-state index in [-0.39, 0.29) is 5.92 Å². The summed E-state index contributed by atoms with van der Waals surface area (Å²) < 4.78 is 1.06. The Kier molecular flexibility index (Phi) is 5.49. The highest BCUT2D eigenvalue weighted by Crippen LogP contribution is 2.11. The average Bonchev–Trinajstić information content (AvgIpc) is 2.24. The van der Waals surface area contributed by atoms with Crippen LogP contribution in [-0.4, -0.2) is 17.6 Å². The van der Waals surface area contributed by atoms with E-state index in [2.05, 4.69) is 21.2 Å². The summed E-state index contributed by atoms with van der Waals surface area (Å²) >= 11 is 3.41. The van der Waals surface area contributed by atoms with Crippen molar-refractivity contribution in [2.24, 2.45) is 5.92 Å². The number of nitrogens with one attached hydrogen (secondary N) is 1. The summed E-state index contributed by atoms with van der Waals surface area (Å²) in [5.74, 6) is -1.01. The Morgan fingerprint density at radius 3 is 2.94 bits per heavy atom. The van der Waals surface area contributed by atoms with Gasteiger partial charge in [0.1, 0.15) is 0 Å². The van der Waals surface area contributed by atoms with Crippen molar-refractivity contribution in [1.29, 1.82) is 0 Å². The smallest absolute Gasteiger partial charge is 0.306 e. The summed E-state index contributed by atoms with van der Waals surface area (Å²) in [5.41, 5.74) is 1.19. The predicted molar refractivity (Wildman–Crippen MR) is 67.3 cm³/mol. The summed E-state index contributed by atoms with van der Waals surface area (Å²) in [6, 6.07) is 8.06. The Hall–Kier alpha value is -0.870. The van der Waals surface area contributed by atoms with Crippen molar-refractivity contribution in [1.82, 2.24) is 5.32 Å². The number of carboxylic acids is 1. The molecule has 1 atom stereocenters. The summed E-state index contributed by atoms with van der Waals surface area (Å²) in [4.78, 5) is 10.6. The fraction of sp³-hybridized carbons (Fsp3) is 0.417. The molecule has 88 valence electrons. The van der Waals surface area contributed by atoms with Gasteiger partial charge in [-0.1, -0.05) is 35.0 Å². The van der Waals surface area contributed by atoms with Crippen LogP contribution in [0.3, 0.4) is 0 Å². The monoisotopic (exact) mass is 285 g/mol. The number of halogens is 1. The fourth-order valence-electron chi connectivity index (χ4n) is 1.32. The molecule has 0 heterocycles. The van der Waals surface area contributed by atoms with Gasteiger partial charge in [-0.2, -0.15) is 0 Å². The largest absolute Gasteiger partial charge is 0.481 e. The molecule has 4 heteroatoms. The van der Waals surface area contributed by atoms with E-state index >= 15 is 0 Å². The van der Waals surface area contributed by atoms with E-state index in [1.165, 1.54) is 5.56 Å². The lowest BCUT2D eigenvalue weighted by atomic mass is 10.1. The lowest BCUT2D eigenvalue weighted by Gasteiger charge is -2.07. The van der Waals surface area contributed by atoms with Crippen LogP contribution in [0.5, 0.6) is 0 Å². The van der Waals surface area contributed by atoms with Gasteiger partial charge in [-0.25, -0.2) is 0 Å². The Morgan fingerprint density at radius 1 is 1.56 bits per heavy atom. The van der Waals surface area contributed by atoms with E-state index in [1.807, 2.05) is 24.3 Å². The third kappa shape index (κ3) is 4.77. The lowest BCUT2D eigenvalue weighted by Crippen LogP contribution is -2.20. The van der Waals surface area contributed by atoms with Crippen LogP contribution in [0.15, 0.2) is 28.7 Å². The lowest BCUT2D eigenvalue weighted by molar-refractivity contribution is -0.141. The summed E-state index contributed by atoms with van der Waals surface area (Å²) in [5, 5.41) is 11.9. The Labute approximate surface area is 104 Å². The number of benzene rings is 1. The summed E-state index contributed by atoms with van der Waals surface area (Å²) in [6.45, 7) is 3.22. The fourth-order valence-corrected chi connectivity index (χ4v) is 1.77. The van der Waals surface area contributed by atoms with Crippen molar-refractivity contribution in [2.45, 2.75) is 19.9 Å². The van der Waals surface area contributed by atoms with Crippen LogP contribution in [0, 0.1) is 5.92 Å². The molecule has 0 aliphatic heterocycles. The van der Waals surface area contributed by atoms with Gasteiger partial charge < -0.3 is 10.4 Å². The Morgan fingerprint density at radius 2 is 2.31 bits per heavy atom. The second-order valence-corrected chi connectivity index (χ2v) is 4.75. The van der Waals surface area contributed by atoms with Crippen LogP contribution < -0.4 is 5.32 Å². The van der Waals surface area contributed by atoms with E-state index in [1.54, 1.807) is 6.92 Å². The normalized spacial score (nSPS) is 12.4.